The van der Waals surface area contributed by atoms with E-state index in [4.69, 9.17) is 0 Å². The average molecular weight is 410 g/mol. The summed E-state index contributed by atoms with van der Waals surface area (Å²) in [6.45, 7) is 6.81. The number of aromatic nitrogens is 2. The molecule has 2 heterocycles. The Morgan fingerprint density at radius 2 is 1.34 bits per heavy atom. The van der Waals surface area contributed by atoms with Crippen molar-refractivity contribution in [3.8, 4) is 0 Å². The lowest BCUT2D eigenvalue weighted by Gasteiger charge is -2.25. The minimum atomic E-state index is -3.71. The van der Waals surface area contributed by atoms with Crippen molar-refractivity contribution in [3.05, 3.63) is 90.0 Å². The highest BCUT2D eigenvalue weighted by atomic mass is 32.2. The standard InChI is InChI=1S/C23H27N3O2S/c1-4-23(2,3)19-11-13-22(14-12-19)29(27,28)26(17-20-9-5-7-15-24-20)18-21-10-6-8-16-25-21/h5-16H,4,17-18H2,1-3H3. The van der Waals surface area contributed by atoms with Crippen LogP contribution in [0.2, 0.25) is 0 Å². The Kier molecular flexibility index (Phi) is 6.45. The van der Waals surface area contributed by atoms with Crippen LogP contribution in [0.4, 0.5) is 0 Å². The van der Waals surface area contributed by atoms with Crippen LogP contribution in [0.15, 0.2) is 78.0 Å². The fourth-order valence-corrected chi connectivity index (χ4v) is 4.38. The number of nitrogens with zero attached hydrogens (tertiary/aromatic N) is 3. The molecule has 0 saturated heterocycles. The van der Waals surface area contributed by atoms with Crippen LogP contribution in [0, 0.1) is 0 Å². The highest BCUT2D eigenvalue weighted by Gasteiger charge is 2.27. The Bertz CT molecular complexity index is 977. The average Bonchev–Trinajstić information content (AvgIpc) is 2.75. The molecule has 0 aliphatic heterocycles. The van der Waals surface area contributed by atoms with Crippen LogP contribution in [0.25, 0.3) is 0 Å². The molecule has 0 atom stereocenters. The van der Waals surface area contributed by atoms with Crippen molar-refractivity contribution in [1.29, 1.82) is 0 Å². The Hall–Kier alpha value is -2.57. The lowest BCUT2D eigenvalue weighted by molar-refractivity contribution is 0.392. The molecule has 0 N–H and O–H groups in total. The topological polar surface area (TPSA) is 63.2 Å². The second kappa shape index (κ2) is 8.84. The number of sulfonamides is 1. The van der Waals surface area contributed by atoms with Crippen LogP contribution in [0.1, 0.15) is 44.1 Å². The van der Waals surface area contributed by atoms with E-state index in [0.29, 0.717) is 11.4 Å². The van der Waals surface area contributed by atoms with Crippen molar-refractivity contribution < 1.29 is 8.42 Å². The molecule has 0 radical (unpaired) electrons. The Labute approximate surface area is 173 Å². The van der Waals surface area contributed by atoms with Crippen molar-refractivity contribution in [2.75, 3.05) is 0 Å². The summed E-state index contributed by atoms with van der Waals surface area (Å²) in [6.07, 6.45) is 4.32. The van der Waals surface area contributed by atoms with E-state index >= 15 is 0 Å². The number of hydrogen-bond acceptors (Lipinski definition) is 4. The Morgan fingerprint density at radius 3 is 1.76 bits per heavy atom. The molecule has 0 spiro atoms. The van der Waals surface area contributed by atoms with E-state index in [1.165, 1.54) is 4.31 Å². The molecule has 6 heteroatoms. The summed E-state index contributed by atoms with van der Waals surface area (Å²) in [5.41, 5.74) is 2.51. The zero-order chi connectivity index (χ0) is 20.9. The SMILES string of the molecule is CCC(C)(C)c1ccc(S(=O)(=O)N(Cc2ccccn2)Cc2ccccn2)cc1. The number of hydrogen-bond donors (Lipinski definition) is 0. The van der Waals surface area contributed by atoms with E-state index in [9.17, 15) is 8.42 Å². The van der Waals surface area contributed by atoms with Crippen LogP contribution in [0.3, 0.4) is 0 Å². The van der Waals surface area contributed by atoms with E-state index in [1.807, 2.05) is 48.5 Å². The molecule has 152 valence electrons. The van der Waals surface area contributed by atoms with Gasteiger partial charge < -0.3 is 0 Å². The second-order valence-corrected chi connectivity index (χ2v) is 9.61. The van der Waals surface area contributed by atoms with Crippen LogP contribution < -0.4 is 0 Å². The van der Waals surface area contributed by atoms with E-state index < -0.39 is 10.0 Å². The summed E-state index contributed by atoms with van der Waals surface area (Å²) >= 11 is 0. The highest BCUT2D eigenvalue weighted by Crippen LogP contribution is 2.28. The van der Waals surface area contributed by atoms with Gasteiger partial charge in [0.15, 0.2) is 0 Å². The summed E-state index contributed by atoms with van der Waals surface area (Å²) in [5, 5.41) is 0. The minimum absolute atomic E-state index is 0.00387. The molecule has 3 aromatic rings. The molecule has 29 heavy (non-hydrogen) atoms. The maximum absolute atomic E-state index is 13.4. The molecule has 1 aromatic carbocycles. The maximum atomic E-state index is 13.4. The predicted molar refractivity (Wildman–Crippen MR) is 115 cm³/mol. The van der Waals surface area contributed by atoms with Gasteiger partial charge in [-0.25, -0.2) is 8.42 Å². The van der Waals surface area contributed by atoms with Gasteiger partial charge in [-0.05, 0) is 53.8 Å². The Balaban J connectivity index is 1.94. The molecule has 0 aliphatic rings. The Morgan fingerprint density at radius 1 is 0.828 bits per heavy atom. The summed E-state index contributed by atoms with van der Waals surface area (Å²) in [7, 11) is -3.71. The van der Waals surface area contributed by atoms with Gasteiger partial charge in [-0.2, -0.15) is 4.31 Å². The maximum Gasteiger partial charge on any atom is 0.243 e. The van der Waals surface area contributed by atoms with Gasteiger partial charge in [-0.3, -0.25) is 9.97 Å². The predicted octanol–water partition coefficient (Wildman–Crippen LogP) is 4.56. The normalized spacial score (nSPS) is 12.3. The first-order valence-corrected chi connectivity index (χ1v) is 11.2. The number of benzene rings is 1. The molecule has 0 bridgehead atoms. The zero-order valence-electron chi connectivity index (χ0n) is 17.1. The van der Waals surface area contributed by atoms with Crippen LogP contribution in [-0.4, -0.2) is 22.7 Å². The van der Waals surface area contributed by atoms with E-state index in [-0.39, 0.29) is 23.4 Å². The molecule has 0 fully saturated rings. The molecular weight excluding hydrogens is 382 g/mol. The molecular formula is C23H27N3O2S. The smallest absolute Gasteiger partial charge is 0.243 e. The van der Waals surface area contributed by atoms with Crippen LogP contribution in [0.5, 0.6) is 0 Å². The van der Waals surface area contributed by atoms with Gasteiger partial charge in [0.25, 0.3) is 0 Å². The van der Waals surface area contributed by atoms with Gasteiger partial charge in [0, 0.05) is 12.4 Å². The minimum Gasteiger partial charge on any atom is -0.260 e. The number of rotatable bonds is 8. The van der Waals surface area contributed by atoms with E-state index in [2.05, 4.69) is 30.7 Å². The third-order valence-electron chi connectivity index (χ3n) is 5.29. The molecule has 0 unspecified atom stereocenters. The van der Waals surface area contributed by atoms with Gasteiger partial charge in [0.1, 0.15) is 0 Å². The van der Waals surface area contributed by atoms with Crippen LogP contribution >= 0.6 is 0 Å². The van der Waals surface area contributed by atoms with Gasteiger partial charge in [0.2, 0.25) is 10.0 Å². The zero-order valence-corrected chi connectivity index (χ0v) is 17.9. The third-order valence-corrected chi connectivity index (χ3v) is 7.09. The fraction of sp³-hybridized carbons (Fsp3) is 0.304. The summed E-state index contributed by atoms with van der Waals surface area (Å²) in [5.74, 6) is 0. The molecule has 0 saturated carbocycles. The molecule has 3 rings (SSSR count). The summed E-state index contributed by atoms with van der Waals surface area (Å²) in [4.78, 5) is 8.87. The third kappa shape index (κ3) is 5.08. The molecule has 0 amide bonds. The summed E-state index contributed by atoms with van der Waals surface area (Å²) in [6, 6.07) is 18.2. The van der Waals surface area contributed by atoms with Gasteiger partial charge in [-0.15, -0.1) is 0 Å². The van der Waals surface area contributed by atoms with E-state index in [0.717, 1.165) is 12.0 Å². The van der Waals surface area contributed by atoms with Crippen molar-refractivity contribution in [1.82, 2.24) is 14.3 Å². The lowest BCUT2D eigenvalue weighted by atomic mass is 9.82. The monoisotopic (exact) mass is 409 g/mol. The van der Waals surface area contributed by atoms with E-state index in [1.54, 1.807) is 24.5 Å². The summed E-state index contributed by atoms with van der Waals surface area (Å²) < 4.78 is 28.3. The molecule has 0 aliphatic carbocycles. The van der Waals surface area contributed by atoms with Crippen molar-refractivity contribution in [2.24, 2.45) is 0 Å². The fourth-order valence-electron chi connectivity index (χ4n) is 3.00. The quantitative estimate of drug-likeness (QED) is 0.547. The van der Waals surface area contributed by atoms with Crippen molar-refractivity contribution >= 4 is 10.0 Å². The lowest BCUT2D eigenvalue weighted by Crippen LogP contribution is -2.31. The van der Waals surface area contributed by atoms with Gasteiger partial charge in [-0.1, -0.05) is 45.0 Å². The number of pyridine rings is 2. The van der Waals surface area contributed by atoms with Gasteiger partial charge in [0.05, 0.1) is 29.4 Å². The first kappa shape index (κ1) is 21.1. The molecule has 5 nitrogen and oxygen atoms in total. The highest BCUT2D eigenvalue weighted by molar-refractivity contribution is 7.89. The van der Waals surface area contributed by atoms with Crippen molar-refractivity contribution in [3.63, 3.8) is 0 Å². The van der Waals surface area contributed by atoms with Crippen molar-refractivity contribution in [2.45, 2.75) is 50.6 Å². The second-order valence-electron chi connectivity index (χ2n) is 7.68. The first-order chi connectivity index (χ1) is 13.8. The largest absolute Gasteiger partial charge is 0.260 e. The first-order valence-electron chi connectivity index (χ1n) is 9.73. The van der Waals surface area contributed by atoms with Gasteiger partial charge >= 0.3 is 0 Å². The molecule has 2 aromatic heterocycles. The van der Waals surface area contributed by atoms with Crippen LogP contribution in [-0.2, 0) is 28.5 Å².